The molecule has 15 heavy (non-hydrogen) atoms. The Bertz CT molecular complexity index is 292. The van der Waals surface area contributed by atoms with Crippen LogP contribution in [0.1, 0.15) is 18.1 Å². The van der Waals surface area contributed by atoms with Crippen LogP contribution in [0.5, 0.6) is 5.75 Å². The predicted molar refractivity (Wildman–Crippen MR) is 63.5 cm³/mol. The van der Waals surface area contributed by atoms with Crippen LogP contribution in [-0.4, -0.2) is 13.7 Å². The van der Waals surface area contributed by atoms with Crippen molar-refractivity contribution in [3.63, 3.8) is 0 Å². The number of rotatable bonds is 5. The summed E-state index contributed by atoms with van der Waals surface area (Å²) in [5.74, 6) is 0.881. The summed E-state index contributed by atoms with van der Waals surface area (Å²) >= 11 is 0. The molecule has 0 aromatic heterocycles. The SMILES string of the molecule is CCOc1ccc(CN)cc1COC.Cl. The highest BCUT2D eigenvalue weighted by Crippen LogP contribution is 2.20. The zero-order valence-electron chi connectivity index (χ0n) is 9.16. The highest BCUT2D eigenvalue weighted by molar-refractivity contribution is 5.85. The normalized spacial score (nSPS) is 9.53. The number of halogens is 1. The van der Waals surface area contributed by atoms with Gasteiger partial charge in [0.2, 0.25) is 0 Å². The maximum Gasteiger partial charge on any atom is 0.124 e. The van der Waals surface area contributed by atoms with Gasteiger partial charge in [0, 0.05) is 19.2 Å². The van der Waals surface area contributed by atoms with Crippen molar-refractivity contribution in [2.45, 2.75) is 20.1 Å². The Hall–Kier alpha value is -0.770. The fraction of sp³-hybridized carbons (Fsp3) is 0.455. The van der Waals surface area contributed by atoms with Gasteiger partial charge in [0.1, 0.15) is 5.75 Å². The molecular formula is C11H18ClNO2. The number of methoxy groups -OCH3 is 1. The van der Waals surface area contributed by atoms with Gasteiger partial charge in [-0.1, -0.05) is 6.07 Å². The molecule has 0 aliphatic carbocycles. The maximum absolute atomic E-state index is 5.56. The summed E-state index contributed by atoms with van der Waals surface area (Å²) in [4.78, 5) is 0. The van der Waals surface area contributed by atoms with Crippen LogP contribution >= 0.6 is 12.4 Å². The summed E-state index contributed by atoms with van der Waals surface area (Å²) in [5, 5.41) is 0. The molecule has 0 radical (unpaired) electrons. The van der Waals surface area contributed by atoms with Crippen LogP contribution in [0.4, 0.5) is 0 Å². The summed E-state index contributed by atoms with van der Waals surface area (Å²) in [6.07, 6.45) is 0. The third-order valence-corrected chi connectivity index (χ3v) is 1.96. The van der Waals surface area contributed by atoms with Crippen molar-refractivity contribution >= 4 is 12.4 Å². The van der Waals surface area contributed by atoms with Crippen LogP contribution in [0.25, 0.3) is 0 Å². The Labute approximate surface area is 97.0 Å². The monoisotopic (exact) mass is 231 g/mol. The van der Waals surface area contributed by atoms with E-state index in [4.69, 9.17) is 15.2 Å². The highest BCUT2D eigenvalue weighted by Gasteiger charge is 2.03. The summed E-state index contributed by atoms with van der Waals surface area (Å²) in [6.45, 7) is 3.73. The second-order valence-corrected chi connectivity index (χ2v) is 3.01. The molecule has 86 valence electrons. The minimum atomic E-state index is 0. The van der Waals surface area contributed by atoms with Gasteiger partial charge in [0.25, 0.3) is 0 Å². The molecule has 1 rings (SSSR count). The molecule has 0 amide bonds. The van der Waals surface area contributed by atoms with Crippen LogP contribution in [0.3, 0.4) is 0 Å². The van der Waals surface area contributed by atoms with Gasteiger partial charge in [0.05, 0.1) is 13.2 Å². The third-order valence-electron chi connectivity index (χ3n) is 1.96. The molecule has 0 aliphatic rings. The van der Waals surface area contributed by atoms with Gasteiger partial charge in [-0.05, 0) is 24.6 Å². The Kier molecular flexibility index (Phi) is 7.13. The van der Waals surface area contributed by atoms with Gasteiger partial charge < -0.3 is 15.2 Å². The van der Waals surface area contributed by atoms with Crippen LogP contribution in [0.15, 0.2) is 18.2 Å². The van der Waals surface area contributed by atoms with E-state index in [1.807, 2.05) is 25.1 Å². The van der Waals surface area contributed by atoms with Crippen LogP contribution in [-0.2, 0) is 17.9 Å². The number of benzene rings is 1. The van der Waals surface area contributed by atoms with Crippen molar-refractivity contribution in [3.8, 4) is 5.75 Å². The Balaban J connectivity index is 0.00000196. The van der Waals surface area contributed by atoms with E-state index in [1.54, 1.807) is 7.11 Å². The predicted octanol–water partition coefficient (Wildman–Crippen LogP) is 2.11. The lowest BCUT2D eigenvalue weighted by atomic mass is 10.1. The molecule has 0 atom stereocenters. The van der Waals surface area contributed by atoms with Gasteiger partial charge in [-0.2, -0.15) is 0 Å². The molecule has 0 aliphatic heterocycles. The molecule has 2 N–H and O–H groups in total. The standard InChI is InChI=1S/C11H17NO2.ClH/c1-3-14-11-5-4-9(7-12)6-10(11)8-13-2;/h4-6H,3,7-8,12H2,1-2H3;1H. The zero-order chi connectivity index (χ0) is 10.4. The second kappa shape index (κ2) is 7.51. The highest BCUT2D eigenvalue weighted by atomic mass is 35.5. The van der Waals surface area contributed by atoms with E-state index >= 15 is 0 Å². The number of hydrogen-bond donors (Lipinski definition) is 1. The summed E-state index contributed by atoms with van der Waals surface area (Å²) in [7, 11) is 1.67. The average molecular weight is 232 g/mol. The molecule has 0 saturated heterocycles. The van der Waals surface area contributed by atoms with Crippen LogP contribution in [0.2, 0.25) is 0 Å². The molecule has 0 bridgehead atoms. The van der Waals surface area contributed by atoms with E-state index in [1.165, 1.54) is 0 Å². The molecule has 0 unspecified atom stereocenters. The van der Waals surface area contributed by atoms with E-state index in [2.05, 4.69) is 0 Å². The molecule has 3 nitrogen and oxygen atoms in total. The zero-order valence-corrected chi connectivity index (χ0v) is 9.97. The van der Waals surface area contributed by atoms with Crippen molar-refractivity contribution < 1.29 is 9.47 Å². The van der Waals surface area contributed by atoms with Crippen LogP contribution < -0.4 is 10.5 Å². The second-order valence-electron chi connectivity index (χ2n) is 3.01. The lowest BCUT2D eigenvalue weighted by Gasteiger charge is -2.10. The third kappa shape index (κ3) is 4.08. The van der Waals surface area contributed by atoms with Gasteiger partial charge in [-0.3, -0.25) is 0 Å². The fourth-order valence-corrected chi connectivity index (χ4v) is 1.32. The Morgan fingerprint density at radius 1 is 1.33 bits per heavy atom. The fourth-order valence-electron chi connectivity index (χ4n) is 1.32. The Morgan fingerprint density at radius 2 is 2.07 bits per heavy atom. The molecule has 0 saturated carbocycles. The van der Waals surface area contributed by atoms with Gasteiger partial charge in [-0.25, -0.2) is 0 Å². The van der Waals surface area contributed by atoms with E-state index < -0.39 is 0 Å². The molecule has 1 aromatic rings. The lowest BCUT2D eigenvalue weighted by Crippen LogP contribution is -2.01. The first kappa shape index (κ1) is 14.2. The van der Waals surface area contributed by atoms with Gasteiger partial charge >= 0.3 is 0 Å². The summed E-state index contributed by atoms with van der Waals surface area (Å²) in [5.41, 5.74) is 7.71. The van der Waals surface area contributed by atoms with Gasteiger partial charge in [-0.15, -0.1) is 12.4 Å². The van der Waals surface area contributed by atoms with Gasteiger partial charge in [0.15, 0.2) is 0 Å². The quantitative estimate of drug-likeness (QED) is 0.844. The van der Waals surface area contributed by atoms with E-state index in [0.717, 1.165) is 16.9 Å². The Morgan fingerprint density at radius 3 is 2.60 bits per heavy atom. The topological polar surface area (TPSA) is 44.5 Å². The first-order chi connectivity index (χ1) is 6.81. The summed E-state index contributed by atoms with van der Waals surface area (Å²) < 4.78 is 10.6. The average Bonchev–Trinajstić information content (AvgIpc) is 2.21. The largest absolute Gasteiger partial charge is 0.494 e. The first-order valence-electron chi connectivity index (χ1n) is 4.75. The minimum Gasteiger partial charge on any atom is -0.494 e. The molecule has 4 heteroatoms. The maximum atomic E-state index is 5.56. The molecule has 0 spiro atoms. The minimum absolute atomic E-state index is 0. The number of hydrogen-bond acceptors (Lipinski definition) is 3. The van der Waals surface area contributed by atoms with Crippen LogP contribution in [0, 0.1) is 0 Å². The van der Waals surface area contributed by atoms with E-state index in [9.17, 15) is 0 Å². The lowest BCUT2D eigenvalue weighted by molar-refractivity contribution is 0.180. The molecular weight excluding hydrogens is 214 g/mol. The van der Waals surface area contributed by atoms with Crippen molar-refractivity contribution in [3.05, 3.63) is 29.3 Å². The van der Waals surface area contributed by atoms with Crippen molar-refractivity contribution in [2.75, 3.05) is 13.7 Å². The summed E-state index contributed by atoms with van der Waals surface area (Å²) in [6, 6.07) is 5.94. The van der Waals surface area contributed by atoms with Crippen molar-refractivity contribution in [2.24, 2.45) is 5.73 Å². The van der Waals surface area contributed by atoms with E-state index in [-0.39, 0.29) is 12.4 Å². The molecule has 0 fully saturated rings. The molecule has 0 heterocycles. The van der Waals surface area contributed by atoms with Crippen molar-refractivity contribution in [1.82, 2.24) is 0 Å². The number of nitrogens with two attached hydrogens (primary N) is 1. The van der Waals surface area contributed by atoms with Crippen molar-refractivity contribution in [1.29, 1.82) is 0 Å². The van der Waals surface area contributed by atoms with E-state index in [0.29, 0.717) is 19.8 Å². The smallest absolute Gasteiger partial charge is 0.124 e. The first-order valence-corrected chi connectivity index (χ1v) is 4.75. The number of ether oxygens (including phenoxy) is 2. The molecule has 1 aromatic carbocycles.